The Kier molecular flexibility index (Phi) is 4.71. The SMILES string of the molecule is Cc1cccnc1CN(CCC(=O)O)c1ccccc1. The van der Waals surface area contributed by atoms with Gasteiger partial charge in [0.05, 0.1) is 18.7 Å². The molecule has 0 aliphatic rings. The molecule has 0 fully saturated rings. The molecule has 0 atom stereocenters. The van der Waals surface area contributed by atoms with E-state index < -0.39 is 5.97 Å². The molecule has 0 saturated carbocycles. The minimum absolute atomic E-state index is 0.112. The highest BCUT2D eigenvalue weighted by Crippen LogP contribution is 2.17. The van der Waals surface area contributed by atoms with Gasteiger partial charge >= 0.3 is 5.97 Å². The number of aromatic nitrogens is 1. The van der Waals surface area contributed by atoms with E-state index in [2.05, 4.69) is 4.98 Å². The molecule has 1 N–H and O–H groups in total. The van der Waals surface area contributed by atoms with Gasteiger partial charge in [-0.05, 0) is 30.7 Å². The van der Waals surface area contributed by atoms with Crippen molar-refractivity contribution in [3.63, 3.8) is 0 Å². The minimum Gasteiger partial charge on any atom is -0.481 e. The zero-order valence-corrected chi connectivity index (χ0v) is 11.5. The lowest BCUT2D eigenvalue weighted by Crippen LogP contribution is -2.26. The number of benzene rings is 1. The molecule has 0 amide bonds. The molecule has 0 spiro atoms. The summed E-state index contributed by atoms with van der Waals surface area (Å²) >= 11 is 0. The molecule has 2 aromatic rings. The van der Waals surface area contributed by atoms with Gasteiger partial charge in [0.1, 0.15) is 0 Å². The average Bonchev–Trinajstić information content (AvgIpc) is 2.46. The Labute approximate surface area is 118 Å². The normalized spacial score (nSPS) is 10.2. The summed E-state index contributed by atoms with van der Waals surface area (Å²) in [5.74, 6) is -0.788. The van der Waals surface area contributed by atoms with E-state index >= 15 is 0 Å². The van der Waals surface area contributed by atoms with Crippen LogP contribution in [-0.2, 0) is 11.3 Å². The van der Waals surface area contributed by atoms with Gasteiger partial charge in [-0.1, -0.05) is 24.3 Å². The molecule has 1 aromatic heterocycles. The number of hydrogen-bond donors (Lipinski definition) is 1. The molecule has 0 saturated heterocycles. The molecule has 104 valence electrons. The summed E-state index contributed by atoms with van der Waals surface area (Å²) in [4.78, 5) is 17.2. The van der Waals surface area contributed by atoms with E-state index in [0.717, 1.165) is 16.9 Å². The third kappa shape index (κ3) is 3.82. The predicted molar refractivity (Wildman–Crippen MR) is 78.7 cm³/mol. The molecular formula is C16H18N2O2. The smallest absolute Gasteiger partial charge is 0.305 e. The van der Waals surface area contributed by atoms with Gasteiger partial charge in [0.25, 0.3) is 0 Å². The lowest BCUT2D eigenvalue weighted by molar-refractivity contribution is -0.136. The summed E-state index contributed by atoms with van der Waals surface area (Å²) < 4.78 is 0. The largest absolute Gasteiger partial charge is 0.481 e. The highest BCUT2D eigenvalue weighted by Gasteiger charge is 2.11. The average molecular weight is 270 g/mol. The molecule has 1 heterocycles. The quantitative estimate of drug-likeness (QED) is 0.877. The van der Waals surface area contributed by atoms with Crippen molar-refractivity contribution in [1.82, 2.24) is 4.98 Å². The van der Waals surface area contributed by atoms with Gasteiger partial charge in [-0.3, -0.25) is 9.78 Å². The van der Waals surface area contributed by atoms with Gasteiger partial charge in [0, 0.05) is 18.4 Å². The maximum absolute atomic E-state index is 10.8. The third-order valence-corrected chi connectivity index (χ3v) is 3.18. The Hall–Kier alpha value is -2.36. The van der Waals surface area contributed by atoms with Crippen LogP contribution in [0.1, 0.15) is 17.7 Å². The Bertz CT molecular complexity index is 570. The summed E-state index contributed by atoms with van der Waals surface area (Å²) in [5, 5.41) is 8.89. The fourth-order valence-electron chi connectivity index (χ4n) is 2.03. The lowest BCUT2D eigenvalue weighted by Gasteiger charge is -2.24. The first-order valence-electron chi connectivity index (χ1n) is 6.59. The Morgan fingerprint density at radius 1 is 1.20 bits per heavy atom. The minimum atomic E-state index is -0.788. The van der Waals surface area contributed by atoms with Crippen LogP contribution in [0.25, 0.3) is 0 Å². The van der Waals surface area contributed by atoms with Gasteiger partial charge in [-0.2, -0.15) is 0 Å². The van der Waals surface area contributed by atoms with E-state index in [1.807, 2.05) is 54.3 Å². The van der Waals surface area contributed by atoms with Gasteiger partial charge in [-0.25, -0.2) is 0 Å². The second kappa shape index (κ2) is 6.70. The van der Waals surface area contributed by atoms with E-state index in [0.29, 0.717) is 13.1 Å². The van der Waals surface area contributed by atoms with Crippen LogP contribution in [0.2, 0.25) is 0 Å². The first-order valence-corrected chi connectivity index (χ1v) is 6.59. The summed E-state index contributed by atoms with van der Waals surface area (Å²) in [7, 11) is 0. The molecule has 20 heavy (non-hydrogen) atoms. The van der Waals surface area contributed by atoms with Crippen molar-refractivity contribution in [2.75, 3.05) is 11.4 Å². The Balaban J connectivity index is 2.18. The van der Waals surface area contributed by atoms with Gasteiger partial charge in [0.2, 0.25) is 0 Å². The monoisotopic (exact) mass is 270 g/mol. The number of carbonyl (C=O) groups is 1. The number of aliphatic carboxylic acids is 1. The van der Waals surface area contributed by atoms with E-state index in [1.54, 1.807) is 6.20 Å². The summed E-state index contributed by atoms with van der Waals surface area (Å²) in [5.41, 5.74) is 3.10. The van der Waals surface area contributed by atoms with E-state index in [4.69, 9.17) is 5.11 Å². The lowest BCUT2D eigenvalue weighted by atomic mass is 10.2. The van der Waals surface area contributed by atoms with Crippen molar-refractivity contribution in [1.29, 1.82) is 0 Å². The third-order valence-electron chi connectivity index (χ3n) is 3.18. The second-order valence-corrected chi connectivity index (χ2v) is 4.67. The number of aryl methyl sites for hydroxylation is 1. The van der Waals surface area contributed by atoms with Crippen molar-refractivity contribution in [3.05, 3.63) is 59.9 Å². The van der Waals surface area contributed by atoms with Crippen molar-refractivity contribution >= 4 is 11.7 Å². The van der Waals surface area contributed by atoms with Crippen LogP contribution in [0.5, 0.6) is 0 Å². The number of carboxylic acid groups (broad SMARTS) is 1. The number of anilines is 1. The Morgan fingerprint density at radius 2 is 1.95 bits per heavy atom. The first-order chi connectivity index (χ1) is 9.66. The highest BCUT2D eigenvalue weighted by atomic mass is 16.4. The van der Waals surface area contributed by atoms with Crippen molar-refractivity contribution in [2.24, 2.45) is 0 Å². The van der Waals surface area contributed by atoms with Gasteiger partial charge in [-0.15, -0.1) is 0 Å². The van der Waals surface area contributed by atoms with Crippen molar-refractivity contribution in [3.8, 4) is 0 Å². The number of hydrogen-bond acceptors (Lipinski definition) is 3. The van der Waals surface area contributed by atoms with Crippen LogP contribution < -0.4 is 4.90 Å². The van der Waals surface area contributed by atoms with E-state index in [1.165, 1.54) is 0 Å². The zero-order chi connectivity index (χ0) is 14.4. The zero-order valence-electron chi connectivity index (χ0n) is 11.5. The number of pyridine rings is 1. The number of para-hydroxylation sites is 1. The van der Waals surface area contributed by atoms with Gasteiger partial charge in [0.15, 0.2) is 0 Å². The van der Waals surface area contributed by atoms with Crippen molar-refractivity contribution < 1.29 is 9.90 Å². The maximum Gasteiger partial charge on any atom is 0.305 e. The van der Waals surface area contributed by atoms with Crippen LogP contribution in [-0.4, -0.2) is 22.6 Å². The second-order valence-electron chi connectivity index (χ2n) is 4.67. The predicted octanol–water partition coefficient (Wildman–Crippen LogP) is 2.87. The molecule has 4 heteroatoms. The molecule has 0 radical (unpaired) electrons. The first kappa shape index (κ1) is 14.1. The maximum atomic E-state index is 10.8. The van der Waals surface area contributed by atoms with Crippen LogP contribution >= 0.6 is 0 Å². The summed E-state index contributed by atoms with van der Waals surface area (Å²) in [6, 6.07) is 13.7. The number of carboxylic acids is 1. The standard InChI is InChI=1S/C16H18N2O2/c1-13-6-5-10-17-15(13)12-18(11-9-16(19)20)14-7-3-2-4-8-14/h2-8,10H,9,11-12H2,1H3,(H,19,20). The molecule has 0 unspecified atom stereocenters. The van der Waals surface area contributed by atoms with Crippen LogP contribution in [0.3, 0.4) is 0 Å². The van der Waals surface area contributed by atoms with Crippen LogP contribution in [0, 0.1) is 6.92 Å². The molecule has 4 nitrogen and oxygen atoms in total. The van der Waals surface area contributed by atoms with Crippen LogP contribution in [0.15, 0.2) is 48.7 Å². The van der Waals surface area contributed by atoms with E-state index in [9.17, 15) is 4.79 Å². The number of rotatable bonds is 6. The molecule has 2 rings (SSSR count). The molecule has 0 aliphatic carbocycles. The molecule has 0 bridgehead atoms. The fourth-order valence-corrected chi connectivity index (χ4v) is 2.03. The molecule has 1 aromatic carbocycles. The summed E-state index contributed by atoms with van der Waals surface area (Å²) in [6.45, 7) is 3.10. The highest BCUT2D eigenvalue weighted by molar-refractivity contribution is 5.67. The van der Waals surface area contributed by atoms with Crippen molar-refractivity contribution in [2.45, 2.75) is 19.9 Å². The van der Waals surface area contributed by atoms with E-state index in [-0.39, 0.29) is 6.42 Å². The fraction of sp³-hybridized carbons (Fsp3) is 0.250. The molecule has 0 aliphatic heterocycles. The Morgan fingerprint density at radius 3 is 2.60 bits per heavy atom. The summed E-state index contributed by atoms with van der Waals surface area (Å²) in [6.07, 6.45) is 1.88. The van der Waals surface area contributed by atoms with Crippen LogP contribution in [0.4, 0.5) is 5.69 Å². The molecular weight excluding hydrogens is 252 g/mol. The van der Waals surface area contributed by atoms with Gasteiger partial charge < -0.3 is 10.0 Å². The topological polar surface area (TPSA) is 53.4 Å². The number of nitrogens with zero attached hydrogens (tertiary/aromatic N) is 2.